The van der Waals surface area contributed by atoms with E-state index in [0.29, 0.717) is 17.7 Å². The fourth-order valence-electron chi connectivity index (χ4n) is 2.89. The van der Waals surface area contributed by atoms with Gasteiger partial charge in [0.25, 0.3) is 0 Å². The van der Waals surface area contributed by atoms with E-state index in [9.17, 15) is 9.59 Å². The van der Waals surface area contributed by atoms with E-state index in [1.807, 2.05) is 0 Å². The highest BCUT2D eigenvalue weighted by atomic mass is 16.5. The second-order valence-corrected chi connectivity index (χ2v) is 6.43. The summed E-state index contributed by atoms with van der Waals surface area (Å²) >= 11 is 0. The van der Waals surface area contributed by atoms with Gasteiger partial charge >= 0.3 is 5.97 Å². The molecule has 0 N–H and O–H groups in total. The lowest BCUT2D eigenvalue weighted by Crippen LogP contribution is -2.24. The molecule has 1 saturated carbocycles. The fraction of sp³-hybridized carbons (Fsp3) is 0.579. The van der Waals surface area contributed by atoms with Crippen molar-refractivity contribution < 1.29 is 14.3 Å². The number of ether oxygens (including phenoxy) is 1. The number of carbonyl (C=O) groups excluding carboxylic acids is 2. The van der Waals surface area contributed by atoms with Gasteiger partial charge in [0, 0.05) is 12.0 Å². The van der Waals surface area contributed by atoms with E-state index in [4.69, 9.17) is 4.74 Å². The average molecular weight is 302 g/mol. The third kappa shape index (κ3) is 4.69. The van der Waals surface area contributed by atoms with Crippen molar-refractivity contribution in [2.75, 3.05) is 0 Å². The Hall–Kier alpha value is -1.64. The first kappa shape index (κ1) is 16.7. The molecule has 1 aliphatic carbocycles. The molecule has 0 radical (unpaired) electrons. The number of benzene rings is 1. The maximum Gasteiger partial charge on any atom is 0.314 e. The molecule has 3 nitrogen and oxygen atoms in total. The summed E-state index contributed by atoms with van der Waals surface area (Å²) in [4.78, 5) is 24.1. The molecule has 0 atom stereocenters. The number of carbonyl (C=O) groups is 2. The van der Waals surface area contributed by atoms with Gasteiger partial charge in [-0.15, -0.1) is 0 Å². The Morgan fingerprint density at radius 3 is 2.32 bits per heavy atom. The number of ketones is 1. The SMILES string of the molecule is CCCCC(=O)c1ccc(OC(=O)C2CCC(C)CC2)cc1. The van der Waals surface area contributed by atoms with Gasteiger partial charge in [0.05, 0.1) is 5.92 Å². The molecule has 1 aromatic carbocycles. The lowest BCUT2D eigenvalue weighted by atomic mass is 9.83. The van der Waals surface area contributed by atoms with E-state index in [2.05, 4.69) is 13.8 Å². The van der Waals surface area contributed by atoms with Crippen LogP contribution in [0.2, 0.25) is 0 Å². The van der Waals surface area contributed by atoms with Gasteiger partial charge in [0.2, 0.25) is 0 Å². The van der Waals surface area contributed by atoms with Crippen molar-refractivity contribution in [1.29, 1.82) is 0 Å². The van der Waals surface area contributed by atoms with Crippen molar-refractivity contribution in [1.82, 2.24) is 0 Å². The van der Waals surface area contributed by atoms with Gasteiger partial charge < -0.3 is 4.74 Å². The predicted molar refractivity (Wildman–Crippen MR) is 87.1 cm³/mol. The lowest BCUT2D eigenvalue weighted by molar-refractivity contribution is -0.140. The van der Waals surface area contributed by atoms with Crippen LogP contribution in [0.5, 0.6) is 5.75 Å². The van der Waals surface area contributed by atoms with Crippen LogP contribution in [0, 0.1) is 11.8 Å². The first-order valence-electron chi connectivity index (χ1n) is 8.45. The Labute approximate surface area is 133 Å². The van der Waals surface area contributed by atoms with Crippen molar-refractivity contribution in [2.24, 2.45) is 11.8 Å². The Morgan fingerprint density at radius 2 is 1.73 bits per heavy atom. The van der Waals surface area contributed by atoms with Crippen LogP contribution < -0.4 is 4.74 Å². The van der Waals surface area contributed by atoms with Crippen LogP contribution in [-0.4, -0.2) is 11.8 Å². The van der Waals surface area contributed by atoms with Crippen LogP contribution in [0.3, 0.4) is 0 Å². The van der Waals surface area contributed by atoms with E-state index in [1.165, 1.54) is 0 Å². The maximum atomic E-state index is 12.1. The average Bonchev–Trinajstić information content (AvgIpc) is 2.54. The molecule has 1 aromatic rings. The van der Waals surface area contributed by atoms with Gasteiger partial charge in [-0.1, -0.05) is 20.3 Å². The van der Waals surface area contributed by atoms with Gasteiger partial charge in [0.1, 0.15) is 5.75 Å². The summed E-state index contributed by atoms with van der Waals surface area (Å²) in [7, 11) is 0. The van der Waals surface area contributed by atoms with Gasteiger partial charge in [-0.2, -0.15) is 0 Å². The minimum atomic E-state index is -0.128. The van der Waals surface area contributed by atoms with E-state index < -0.39 is 0 Å². The third-order valence-electron chi connectivity index (χ3n) is 4.50. The van der Waals surface area contributed by atoms with Crippen molar-refractivity contribution in [3.05, 3.63) is 29.8 Å². The van der Waals surface area contributed by atoms with E-state index in [0.717, 1.165) is 44.4 Å². The second kappa shape index (κ2) is 8.11. The number of Topliss-reactive ketones (excluding diaryl/α,β-unsaturated/α-hetero) is 1. The zero-order chi connectivity index (χ0) is 15.9. The Morgan fingerprint density at radius 1 is 1.09 bits per heavy atom. The molecule has 0 saturated heterocycles. The number of hydrogen-bond acceptors (Lipinski definition) is 3. The summed E-state index contributed by atoms with van der Waals surface area (Å²) in [5, 5.41) is 0. The molecule has 1 fully saturated rings. The molecule has 0 bridgehead atoms. The normalized spacial score (nSPS) is 21.4. The van der Waals surface area contributed by atoms with E-state index in [-0.39, 0.29) is 17.7 Å². The maximum absolute atomic E-state index is 12.1. The Bertz CT molecular complexity index is 496. The number of rotatable bonds is 6. The highest BCUT2D eigenvalue weighted by Crippen LogP contribution is 2.29. The summed E-state index contributed by atoms with van der Waals surface area (Å²) in [6.07, 6.45) is 6.56. The van der Waals surface area contributed by atoms with E-state index >= 15 is 0 Å². The van der Waals surface area contributed by atoms with Crippen LogP contribution in [0.25, 0.3) is 0 Å². The standard InChI is InChI=1S/C19H26O3/c1-3-4-5-18(20)15-10-12-17(13-11-15)22-19(21)16-8-6-14(2)7-9-16/h10-14,16H,3-9H2,1-2H3. The topological polar surface area (TPSA) is 43.4 Å². The molecule has 0 aliphatic heterocycles. The molecule has 0 spiro atoms. The van der Waals surface area contributed by atoms with Crippen molar-refractivity contribution in [3.63, 3.8) is 0 Å². The molecular weight excluding hydrogens is 276 g/mol. The van der Waals surface area contributed by atoms with Gasteiger partial charge in [-0.25, -0.2) is 0 Å². The molecule has 1 aliphatic rings. The van der Waals surface area contributed by atoms with Crippen molar-refractivity contribution in [2.45, 2.75) is 58.8 Å². The number of unbranched alkanes of at least 4 members (excludes halogenated alkanes) is 1. The minimum absolute atomic E-state index is 0.0297. The van der Waals surface area contributed by atoms with Crippen LogP contribution in [-0.2, 0) is 4.79 Å². The summed E-state index contributed by atoms with van der Waals surface area (Å²) in [5.41, 5.74) is 0.694. The Balaban J connectivity index is 1.88. The van der Waals surface area contributed by atoms with Gasteiger partial charge in [-0.3, -0.25) is 9.59 Å². The molecule has 0 heterocycles. The zero-order valence-electron chi connectivity index (χ0n) is 13.6. The lowest BCUT2D eigenvalue weighted by Gasteiger charge is -2.24. The summed E-state index contributed by atoms with van der Waals surface area (Å²) in [6, 6.07) is 6.96. The molecule has 0 amide bonds. The summed E-state index contributed by atoms with van der Waals surface area (Å²) in [5.74, 6) is 1.31. The first-order valence-corrected chi connectivity index (χ1v) is 8.45. The molecule has 120 valence electrons. The molecule has 22 heavy (non-hydrogen) atoms. The summed E-state index contributed by atoms with van der Waals surface area (Å²) in [6.45, 7) is 4.30. The largest absolute Gasteiger partial charge is 0.426 e. The van der Waals surface area contributed by atoms with Crippen LogP contribution in [0.4, 0.5) is 0 Å². The third-order valence-corrected chi connectivity index (χ3v) is 4.50. The molecule has 0 aromatic heterocycles. The zero-order valence-corrected chi connectivity index (χ0v) is 13.6. The molecular formula is C19H26O3. The number of esters is 1. The molecule has 3 heteroatoms. The minimum Gasteiger partial charge on any atom is -0.426 e. The van der Waals surface area contributed by atoms with Crippen LogP contribution in [0.1, 0.15) is 69.2 Å². The smallest absolute Gasteiger partial charge is 0.314 e. The Kier molecular flexibility index (Phi) is 6.17. The summed E-state index contributed by atoms with van der Waals surface area (Å²) < 4.78 is 5.45. The highest BCUT2D eigenvalue weighted by molar-refractivity contribution is 5.96. The predicted octanol–water partition coefficient (Wildman–Crippen LogP) is 4.79. The second-order valence-electron chi connectivity index (χ2n) is 6.43. The van der Waals surface area contributed by atoms with Crippen molar-refractivity contribution >= 4 is 11.8 Å². The molecule has 0 unspecified atom stereocenters. The monoisotopic (exact) mass is 302 g/mol. The molecule has 2 rings (SSSR count). The van der Waals surface area contributed by atoms with Gasteiger partial charge in [-0.05, 0) is 62.3 Å². The van der Waals surface area contributed by atoms with Crippen LogP contribution >= 0.6 is 0 Å². The van der Waals surface area contributed by atoms with Crippen molar-refractivity contribution in [3.8, 4) is 5.75 Å². The quantitative estimate of drug-likeness (QED) is 0.431. The van der Waals surface area contributed by atoms with Crippen LogP contribution in [0.15, 0.2) is 24.3 Å². The highest BCUT2D eigenvalue weighted by Gasteiger charge is 2.25. The van der Waals surface area contributed by atoms with Gasteiger partial charge in [0.15, 0.2) is 5.78 Å². The van der Waals surface area contributed by atoms with E-state index in [1.54, 1.807) is 24.3 Å². The fourth-order valence-corrected chi connectivity index (χ4v) is 2.89. The first-order chi connectivity index (χ1) is 10.6. The number of hydrogen-bond donors (Lipinski definition) is 0.